The molecule has 7 aromatic rings. The number of primary amides is 1. The maximum Gasteiger partial charge on any atom is 0.246 e. The Bertz CT molecular complexity index is 5130. The number of unbranched alkanes of at least 4 members (excludes halogenated alkanes) is 1. The molecule has 34 nitrogen and oxygen atoms in total. The fourth-order valence-corrected chi connectivity index (χ4v) is 17.6. The number of para-hydroxylation sites is 1. The van der Waals surface area contributed by atoms with Gasteiger partial charge in [0.1, 0.15) is 90.0 Å². The lowest BCUT2D eigenvalue weighted by Gasteiger charge is -2.38. The molecule has 0 radical (unpaired) electrons. The summed E-state index contributed by atoms with van der Waals surface area (Å²) in [5.74, 6) is -13.8. The van der Waals surface area contributed by atoms with Gasteiger partial charge in [-0.05, 0) is 121 Å². The van der Waals surface area contributed by atoms with Crippen LogP contribution in [-0.4, -0.2) is 271 Å². The van der Waals surface area contributed by atoms with Gasteiger partial charge in [-0.2, -0.15) is 0 Å². The van der Waals surface area contributed by atoms with E-state index in [1.54, 1.807) is 148 Å². The van der Waals surface area contributed by atoms with Gasteiger partial charge in [-0.1, -0.05) is 174 Å². The van der Waals surface area contributed by atoms with E-state index >= 15 is 47.9 Å². The average Bonchev–Trinajstić information content (AvgIpc) is 1.49. The van der Waals surface area contributed by atoms with E-state index in [0.29, 0.717) is 76.4 Å². The van der Waals surface area contributed by atoms with Crippen LogP contribution in [0.25, 0.3) is 10.9 Å². The number of hydrogen-bond acceptors (Lipinski definition) is 19. The molecule has 700 valence electrons. The second kappa shape index (κ2) is 48.5. The smallest absolute Gasteiger partial charge is 0.246 e. The highest BCUT2D eigenvalue weighted by Crippen LogP contribution is 2.28. The average molecular weight is 1820 g/mol. The third-order valence-electron chi connectivity index (χ3n) is 24.0. The third kappa shape index (κ3) is 27.9. The summed E-state index contributed by atoms with van der Waals surface area (Å²) in [6, 6.07) is 26.2. The van der Waals surface area contributed by atoms with Crippen LogP contribution in [0.4, 0.5) is 0 Å². The second-order valence-electron chi connectivity index (χ2n) is 34.1. The lowest BCUT2D eigenvalue weighted by Crippen LogP contribution is -2.63. The molecule has 0 aliphatic carbocycles. The first-order valence-electron chi connectivity index (χ1n) is 44.6. The summed E-state index contributed by atoms with van der Waals surface area (Å²) in [4.78, 5) is 235. The number of aliphatic hydroxyl groups is 1. The summed E-state index contributed by atoms with van der Waals surface area (Å²) in [5, 5.41) is 57.3. The number of aliphatic hydroxyl groups excluding tert-OH is 1. The number of H-pyrrole nitrogens is 1. The number of aromatic hydroxyl groups is 2. The number of aromatic nitrogens is 1. The van der Waals surface area contributed by atoms with Gasteiger partial charge in [-0.3, -0.25) is 71.9 Å². The second-order valence-corrected chi connectivity index (χ2v) is 35.1. The van der Waals surface area contributed by atoms with E-state index in [9.17, 15) is 39.3 Å². The summed E-state index contributed by atoms with van der Waals surface area (Å²) in [7, 11) is 4.19. The molecule has 131 heavy (non-hydrogen) atoms. The van der Waals surface area contributed by atoms with Crippen LogP contribution in [0.1, 0.15) is 125 Å². The number of piperidine rings is 1. The molecule has 35 heteroatoms. The van der Waals surface area contributed by atoms with Crippen LogP contribution in [0.2, 0.25) is 0 Å². The third-order valence-corrected chi connectivity index (χ3v) is 25.1. The number of carbonyl (C=O) groups is 15. The van der Waals surface area contributed by atoms with Crippen molar-refractivity contribution in [1.82, 2.24) is 77.3 Å². The van der Waals surface area contributed by atoms with Crippen LogP contribution in [0.5, 0.6) is 11.5 Å². The van der Waals surface area contributed by atoms with Crippen molar-refractivity contribution in [1.29, 1.82) is 0 Å². The van der Waals surface area contributed by atoms with Gasteiger partial charge in [0.15, 0.2) is 0 Å². The Kier molecular flexibility index (Phi) is 37.0. The Labute approximate surface area is 766 Å². The number of likely N-dealkylation sites (N-methyl/N-ethyl adjacent to an activating group) is 3. The Morgan fingerprint density at radius 3 is 1.48 bits per heavy atom. The van der Waals surface area contributed by atoms with E-state index in [1.165, 1.54) is 77.1 Å². The minimum atomic E-state index is -1.72. The first kappa shape index (κ1) is 100.0. The summed E-state index contributed by atoms with van der Waals surface area (Å²) in [6.07, 6.45) is 2.74. The molecular formula is C96H122N16O18S. The molecule has 1 aromatic heterocycles. The molecule has 15 N–H and O–H groups in total. The van der Waals surface area contributed by atoms with Gasteiger partial charge in [-0.25, -0.2) is 0 Å². The molecule has 0 unspecified atom stereocenters. The monoisotopic (exact) mass is 1820 g/mol. The van der Waals surface area contributed by atoms with Gasteiger partial charge in [0.25, 0.3) is 0 Å². The predicted molar refractivity (Wildman–Crippen MR) is 491 cm³/mol. The Morgan fingerprint density at radius 1 is 0.458 bits per heavy atom. The highest BCUT2D eigenvalue weighted by atomic mass is 32.2. The number of rotatable bonds is 22. The maximum atomic E-state index is 15.9. The highest BCUT2D eigenvalue weighted by molar-refractivity contribution is 8.00. The number of phenols is 2. The van der Waals surface area contributed by atoms with Gasteiger partial charge in [-0.15, -0.1) is 11.8 Å². The molecular weight excluding hydrogens is 1700 g/mol. The minimum Gasteiger partial charge on any atom is -0.508 e. The topological polar surface area (TPSA) is 483 Å². The van der Waals surface area contributed by atoms with Crippen LogP contribution in [-0.2, 0) is 110 Å². The fraction of sp³-hybridized carbons (Fsp3) is 0.448. The minimum absolute atomic E-state index is 0.0319. The molecule has 6 aromatic carbocycles. The van der Waals surface area contributed by atoms with Crippen LogP contribution in [0.3, 0.4) is 0 Å². The molecule has 0 bridgehead atoms. The van der Waals surface area contributed by atoms with E-state index in [-0.39, 0.29) is 107 Å². The molecule has 15 amide bonds. The number of aromatic amines is 1. The standard InChI is InChI=1S/C96H122N16O18S/c1-8-10-33-79-96(130)112-45-24-35-78(112)90(124)106-75(55-113)88(122)101-68(9-2)92(126)109(6)80(50-60-27-16-12-17-28-60)91(125)105-74(49-63-38-42-66(115)43-39-63)94(128)111-44-23-22-34-77(111)89(123)104-72(52-64-53-98-69-32-21-20-31-67(64)69)87(121)103-71(47-62-36-40-65(114)41-37-62)86(120)102-70(46-58(3)4)85(119)107-76(84(118)99-54-82(97)116)56-131-57-83(117)100-73(48-59-25-14-11-15-26-59)93(127)110(7)81(95(129)108(79)5)51-61-29-18-13-19-30-61/h11-21,25-32,36-43,53,58,68,70-81,98,113-115H,8-10,22-24,33-35,44-52,54-57H2,1-7H3,(H2,97,116)(H,99,118)(H,100,117)(H,101,122)(H,102,120)(H,103,121)(H,104,123)(H,105,125)(H,106,124)(H,107,119)/t68-,70-,71-,72+,73-,74-,75-,76-,77+,78+,79-,80-,81-/m0/s1. The summed E-state index contributed by atoms with van der Waals surface area (Å²) < 4.78 is 0. The number of amides is 15. The number of thioether (sulfide) groups is 1. The Balaban J connectivity index is 1.04. The number of phenolic OH excluding ortho intramolecular Hbond substituents is 2. The summed E-state index contributed by atoms with van der Waals surface area (Å²) >= 11 is 0.853. The fourth-order valence-electron chi connectivity index (χ4n) is 16.7. The zero-order chi connectivity index (χ0) is 94.5. The van der Waals surface area contributed by atoms with Crippen molar-refractivity contribution < 1.29 is 87.2 Å². The van der Waals surface area contributed by atoms with Gasteiger partial charge in [0.2, 0.25) is 88.6 Å². The van der Waals surface area contributed by atoms with Crippen molar-refractivity contribution in [2.75, 3.05) is 58.9 Å². The van der Waals surface area contributed by atoms with Crippen molar-refractivity contribution >= 4 is 111 Å². The number of carbonyl (C=O) groups excluding carboxylic acids is 15. The van der Waals surface area contributed by atoms with Crippen molar-refractivity contribution in [2.24, 2.45) is 11.7 Å². The van der Waals surface area contributed by atoms with Crippen LogP contribution < -0.4 is 53.6 Å². The van der Waals surface area contributed by atoms with Crippen molar-refractivity contribution in [3.8, 4) is 11.5 Å². The molecule has 3 saturated heterocycles. The normalized spacial score (nSPS) is 23.8. The quantitative estimate of drug-likeness (QED) is 0.0464. The van der Waals surface area contributed by atoms with Crippen LogP contribution >= 0.6 is 11.8 Å². The molecule has 0 saturated carbocycles. The molecule has 3 aliphatic heterocycles. The predicted octanol–water partition coefficient (Wildman–Crippen LogP) is 3.05. The van der Waals surface area contributed by atoms with E-state index in [0.717, 1.165) is 16.7 Å². The number of nitrogens with zero attached hydrogens (tertiary/aromatic N) is 5. The molecule has 3 aliphatic rings. The van der Waals surface area contributed by atoms with Gasteiger partial charge >= 0.3 is 0 Å². The van der Waals surface area contributed by atoms with Crippen LogP contribution in [0, 0.1) is 5.92 Å². The maximum absolute atomic E-state index is 15.9. The van der Waals surface area contributed by atoms with Crippen molar-refractivity contribution in [3.63, 3.8) is 0 Å². The number of nitrogens with one attached hydrogen (secondary N) is 10. The zero-order valence-corrected chi connectivity index (χ0v) is 75.8. The number of benzene rings is 6. The van der Waals surface area contributed by atoms with Gasteiger partial charge in [0, 0.05) is 95.6 Å². The molecule has 4 heterocycles. The summed E-state index contributed by atoms with van der Waals surface area (Å²) in [5.41, 5.74) is 9.39. The first-order valence-corrected chi connectivity index (χ1v) is 45.8. The van der Waals surface area contributed by atoms with E-state index in [2.05, 4.69) is 52.8 Å². The SMILES string of the molecule is CCCC[C@H]1C(=O)N2CCC[C@@H]2C(=O)N[C@@H](CO)C(=O)N[C@@H](CC)C(=O)N(C)[C@@H](Cc2ccccc2)C(=O)N[C@@H](Cc2ccc(O)cc2)C(=O)N2CCCC[C@@H]2C(=O)N[C@H](Cc2c[nH]c3ccccc23)C(=O)N[C@@H](Cc2ccc(O)cc2)C(=O)N[C@@H](CC(C)C)C(=O)N[C@H](C(=O)NCC(N)=O)CSCC(=O)N[C@@H](Cc2ccccc2)C(=O)N(C)[C@@H](Cc2ccccc2)C(=O)N1C. The highest BCUT2D eigenvalue weighted by Gasteiger charge is 2.46. The lowest BCUT2D eigenvalue weighted by molar-refractivity contribution is -0.152. The van der Waals surface area contributed by atoms with E-state index in [1.807, 2.05) is 13.0 Å². The number of fused-ring (bicyclic) bond motifs is 3. The Hall–Kier alpha value is -13.2. The summed E-state index contributed by atoms with van der Waals surface area (Å²) in [6.45, 7) is 5.36. The largest absolute Gasteiger partial charge is 0.508 e. The lowest BCUT2D eigenvalue weighted by atomic mass is 9.96. The van der Waals surface area contributed by atoms with Gasteiger partial charge in [0.05, 0.1) is 18.9 Å². The van der Waals surface area contributed by atoms with E-state index < -0.39 is 186 Å². The Morgan fingerprint density at radius 2 is 0.908 bits per heavy atom. The van der Waals surface area contributed by atoms with Crippen LogP contribution in [0.15, 0.2) is 170 Å². The zero-order valence-electron chi connectivity index (χ0n) is 75.0. The first-order chi connectivity index (χ1) is 62.8. The molecule has 0 spiro atoms. The number of nitrogens with two attached hydrogens (primary N) is 1. The van der Waals surface area contributed by atoms with Gasteiger partial charge < -0.3 is 98.4 Å². The van der Waals surface area contributed by atoms with E-state index in [4.69, 9.17) is 5.73 Å². The van der Waals surface area contributed by atoms with Crippen molar-refractivity contribution in [2.45, 2.75) is 209 Å². The molecule has 13 atom stereocenters. The molecule has 10 rings (SSSR count). The molecule has 3 fully saturated rings. The van der Waals surface area contributed by atoms with Crippen molar-refractivity contribution in [3.05, 3.63) is 203 Å². The number of hydrogen-bond donors (Lipinski definition) is 14.